The summed E-state index contributed by atoms with van der Waals surface area (Å²) in [6.45, 7) is 13.7. The molecule has 0 amide bonds. The van der Waals surface area contributed by atoms with Crippen LogP contribution in [0.25, 0.3) is 11.1 Å². The molecule has 41 heavy (non-hydrogen) atoms. The third-order valence-corrected chi connectivity index (χ3v) is 9.23. The van der Waals surface area contributed by atoms with Crippen molar-refractivity contribution in [1.29, 1.82) is 0 Å². The third kappa shape index (κ3) is 5.94. The predicted octanol–water partition coefficient (Wildman–Crippen LogP) is 11.5. The monoisotopic (exact) mass is 542 g/mol. The highest BCUT2D eigenvalue weighted by Gasteiger charge is 2.46. The van der Waals surface area contributed by atoms with E-state index in [1.807, 2.05) is 0 Å². The van der Waals surface area contributed by atoms with Crippen LogP contribution < -0.4 is 0 Å². The van der Waals surface area contributed by atoms with Crippen molar-refractivity contribution >= 4 is 0 Å². The second-order valence-electron chi connectivity index (χ2n) is 12.9. The van der Waals surface area contributed by atoms with Crippen LogP contribution in [0.15, 0.2) is 72.8 Å². The number of aryl methyl sites for hydroxylation is 6. The molecule has 4 aromatic rings. The fourth-order valence-electron chi connectivity index (χ4n) is 7.30. The van der Waals surface area contributed by atoms with Crippen molar-refractivity contribution < 1.29 is 0 Å². The van der Waals surface area contributed by atoms with Gasteiger partial charge in [0.1, 0.15) is 0 Å². The summed E-state index contributed by atoms with van der Waals surface area (Å²) in [6, 6.07) is 29.3. The van der Waals surface area contributed by atoms with Gasteiger partial charge in [-0.3, -0.25) is 0 Å². The van der Waals surface area contributed by atoms with Gasteiger partial charge < -0.3 is 0 Å². The molecule has 0 fully saturated rings. The Balaban J connectivity index is 1.77. The molecule has 0 N–H and O–H groups in total. The minimum atomic E-state index is -0.322. The fraction of sp³-hybridized carbons (Fsp3) is 0.415. The van der Waals surface area contributed by atoms with Gasteiger partial charge in [0.15, 0.2) is 0 Å². The second-order valence-corrected chi connectivity index (χ2v) is 12.9. The quantitative estimate of drug-likeness (QED) is 0.138. The van der Waals surface area contributed by atoms with Crippen LogP contribution in [-0.4, -0.2) is 0 Å². The van der Waals surface area contributed by atoms with Gasteiger partial charge in [-0.2, -0.15) is 0 Å². The van der Waals surface area contributed by atoms with Crippen LogP contribution in [0.5, 0.6) is 0 Å². The smallest absolute Gasteiger partial charge is 0.0654 e. The summed E-state index contributed by atoms with van der Waals surface area (Å²) in [4.78, 5) is 0. The maximum absolute atomic E-state index is 2.56. The van der Waals surface area contributed by atoms with Gasteiger partial charge in [-0.05, 0) is 97.9 Å². The van der Waals surface area contributed by atoms with E-state index in [1.54, 1.807) is 0 Å². The van der Waals surface area contributed by atoms with Gasteiger partial charge in [0, 0.05) is 0 Å². The average molecular weight is 543 g/mol. The number of hydrogen-bond donors (Lipinski definition) is 0. The zero-order valence-corrected chi connectivity index (χ0v) is 26.5. The maximum atomic E-state index is 2.56. The molecule has 1 aliphatic carbocycles. The van der Waals surface area contributed by atoms with Crippen molar-refractivity contribution in [3.05, 3.63) is 128 Å². The molecule has 0 heterocycles. The minimum absolute atomic E-state index is 0.322. The van der Waals surface area contributed by atoms with Crippen LogP contribution in [-0.2, 0) is 18.3 Å². The molecule has 0 saturated carbocycles. The first-order chi connectivity index (χ1) is 19.9. The van der Waals surface area contributed by atoms with E-state index in [-0.39, 0.29) is 5.41 Å². The molecule has 1 aliphatic rings. The lowest BCUT2D eigenvalue weighted by Gasteiger charge is -2.35. The van der Waals surface area contributed by atoms with Crippen LogP contribution in [0.4, 0.5) is 0 Å². The van der Waals surface area contributed by atoms with Crippen molar-refractivity contribution in [3.63, 3.8) is 0 Å². The minimum Gasteiger partial charge on any atom is -0.0654 e. The normalized spacial score (nSPS) is 13.3. The molecule has 0 atom stereocenters. The van der Waals surface area contributed by atoms with Gasteiger partial charge in [0.05, 0.1) is 5.41 Å². The SMILES string of the molecule is CCCCCCc1cc(C)cc(C2(c3cc(C)cc(CCCCCC)c3)c3cc(C)ccc3-c3ccc(C)cc32)c1. The summed E-state index contributed by atoms with van der Waals surface area (Å²) in [6.07, 6.45) is 12.7. The number of fused-ring (bicyclic) bond motifs is 3. The molecule has 0 saturated heterocycles. The van der Waals surface area contributed by atoms with Gasteiger partial charge >= 0.3 is 0 Å². The lowest BCUT2D eigenvalue weighted by atomic mass is 9.66. The summed E-state index contributed by atoms with van der Waals surface area (Å²) in [5.41, 5.74) is 16.6. The number of hydrogen-bond acceptors (Lipinski definition) is 0. The van der Waals surface area contributed by atoms with Gasteiger partial charge in [0.25, 0.3) is 0 Å². The van der Waals surface area contributed by atoms with Crippen molar-refractivity contribution in [2.45, 2.75) is 111 Å². The highest BCUT2D eigenvalue weighted by Crippen LogP contribution is 2.57. The van der Waals surface area contributed by atoms with E-state index in [4.69, 9.17) is 0 Å². The molecule has 0 radical (unpaired) electrons. The van der Waals surface area contributed by atoms with E-state index in [0.717, 1.165) is 12.8 Å². The molecule has 214 valence electrons. The molecule has 0 unspecified atom stereocenters. The molecular formula is C41H50. The summed E-state index contributed by atoms with van der Waals surface area (Å²) in [7, 11) is 0. The summed E-state index contributed by atoms with van der Waals surface area (Å²) in [5.74, 6) is 0. The molecule has 0 bridgehead atoms. The highest BCUT2D eigenvalue weighted by molar-refractivity contribution is 5.87. The largest absolute Gasteiger partial charge is 0.0714 e. The molecule has 4 aromatic carbocycles. The highest BCUT2D eigenvalue weighted by atomic mass is 14.5. The van der Waals surface area contributed by atoms with E-state index < -0.39 is 0 Å². The van der Waals surface area contributed by atoms with Gasteiger partial charge in [0.2, 0.25) is 0 Å². The van der Waals surface area contributed by atoms with E-state index >= 15 is 0 Å². The number of benzene rings is 4. The first-order valence-electron chi connectivity index (χ1n) is 16.3. The molecule has 0 nitrogen and oxygen atoms in total. The Labute approximate surface area is 250 Å². The van der Waals surface area contributed by atoms with E-state index in [9.17, 15) is 0 Å². The molecule has 0 spiro atoms. The van der Waals surface area contributed by atoms with Crippen LogP contribution in [0, 0.1) is 27.7 Å². The molecule has 0 aromatic heterocycles. The van der Waals surface area contributed by atoms with E-state index in [2.05, 4.69) is 114 Å². The number of rotatable bonds is 12. The second kappa shape index (κ2) is 12.8. The number of unbranched alkanes of at least 4 members (excludes halogenated alkanes) is 6. The Hall–Kier alpha value is -3.12. The van der Waals surface area contributed by atoms with Crippen molar-refractivity contribution in [2.75, 3.05) is 0 Å². The summed E-state index contributed by atoms with van der Waals surface area (Å²) in [5, 5.41) is 0. The Bertz CT molecular complexity index is 1390. The van der Waals surface area contributed by atoms with Gasteiger partial charge in [-0.15, -0.1) is 0 Å². The first kappa shape index (κ1) is 29.4. The van der Waals surface area contributed by atoms with E-state index in [0.29, 0.717) is 0 Å². The summed E-state index contributed by atoms with van der Waals surface area (Å²) < 4.78 is 0. The van der Waals surface area contributed by atoms with Crippen molar-refractivity contribution in [2.24, 2.45) is 0 Å². The lowest BCUT2D eigenvalue weighted by Crippen LogP contribution is -2.29. The standard InChI is InChI=1S/C41H50/c1-7-9-11-13-15-33-21-31(5)23-35(27-33)41(36-24-32(6)22-34(28-36)16-14-12-10-8-2)39-25-29(3)17-19-37(39)38-20-18-30(4)26-40(38)41/h17-28H,7-16H2,1-6H3. The Morgan fingerprint density at radius 3 is 1.29 bits per heavy atom. The Morgan fingerprint density at radius 1 is 0.439 bits per heavy atom. The molecule has 5 rings (SSSR count). The zero-order chi connectivity index (χ0) is 29.0. The predicted molar refractivity (Wildman–Crippen MR) is 178 cm³/mol. The van der Waals surface area contributed by atoms with Crippen LogP contribution in [0.1, 0.15) is 121 Å². The van der Waals surface area contributed by atoms with Crippen molar-refractivity contribution in [3.8, 4) is 11.1 Å². The van der Waals surface area contributed by atoms with Crippen LogP contribution >= 0.6 is 0 Å². The molecular weight excluding hydrogens is 492 g/mol. The molecule has 0 aliphatic heterocycles. The zero-order valence-electron chi connectivity index (χ0n) is 26.5. The molecule has 0 heteroatoms. The fourth-order valence-corrected chi connectivity index (χ4v) is 7.30. The van der Waals surface area contributed by atoms with E-state index in [1.165, 1.54) is 118 Å². The van der Waals surface area contributed by atoms with Crippen molar-refractivity contribution in [1.82, 2.24) is 0 Å². The topological polar surface area (TPSA) is 0 Å². The van der Waals surface area contributed by atoms with Crippen LogP contribution in [0.2, 0.25) is 0 Å². The van der Waals surface area contributed by atoms with Gasteiger partial charge in [-0.25, -0.2) is 0 Å². The van der Waals surface area contributed by atoms with Crippen LogP contribution in [0.3, 0.4) is 0 Å². The van der Waals surface area contributed by atoms with Gasteiger partial charge in [-0.1, -0.05) is 147 Å². The first-order valence-corrected chi connectivity index (χ1v) is 16.3. The third-order valence-electron chi connectivity index (χ3n) is 9.23. The Morgan fingerprint density at radius 2 is 0.878 bits per heavy atom. The summed E-state index contributed by atoms with van der Waals surface area (Å²) >= 11 is 0. The Kier molecular flexibility index (Phi) is 9.18. The maximum Gasteiger partial charge on any atom is 0.0714 e. The average Bonchev–Trinajstić information content (AvgIpc) is 3.22. The lowest BCUT2D eigenvalue weighted by molar-refractivity contribution is 0.663.